The van der Waals surface area contributed by atoms with Gasteiger partial charge < -0.3 is 5.32 Å². The van der Waals surface area contributed by atoms with Crippen LogP contribution in [0.15, 0.2) is 30.3 Å². The van der Waals surface area contributed by atoms with Gasteiger partial charge in [0.1, 0.15) is 0 Å². The molecule has 0 amide bonds. The van der Waals surface area contributed by atoms with E-state index in [-0.39, 0.29) is 6.04 Å². The fourth-order valence-electron chi connectivity index (χ4n) is 1.57. The van der Waals surface area contributed by atoms with E-state index in [9.17, 15) is 4.21 Å². The highest BCUT2D eigenvalue weighted by Crippen LogP contribution is 2.15. The highest BCUT2D eigenvalue weighted by atomic mass is 32.2. The minimum atomic E-state index is -0.633. The van der Waals surface area contributed by atoms with Crippen LogP contribution in [0.3, 0.4) is 0 Å². The third-order valence-electron chi connectivity index (χ3n) is 2.27. The summed E-state index contributed by atoms with van der Waals surface area (Å²) in [7, 11) is -0.633. The van der Waals surface area contributed by atoms with Crippen molar-refractivity contribution in [3.63, 3.8) is 0 Å². The van der Waals surface area contributed by atoms with Crippen LogP contribution in [0.2, 0.25) is 0 Å². The van der Waals surface area contributed by atoms with Crippen molar-refractivity contribution >= 4 is 10.8 Å². The smallest absolute Gasteiger partial charge is 0.0437 e. The van der Waals surface area contributed by atoms with E-state index in [1.807, 2.05) is 18.2 Å². The number of rotatable bonds is 1. The van der Waals surface area contributed by atoms with E-state index in [1.54, 1.807) is 0 Å². The second-order valence-electron chi connectivity index (χ2n) is 3.23. The Morgan fingerprint density at radius 1 is 1.31 bits per heavy atom. The number of hydrogen-bond acceptors (Lipinski definition) is 2. The Labute approximate surface area is 80.8 Å². The van der Waals surface area contributed by atoms with Crippen LogP contribution in [0.25, 0.3) is 0 Å². The lowest BCUT2D eigenvalue weighted by molar-refractivity contribution is 0.572. The maximum Gasteiger partial charge on any atom is 0.0437 e. The maximum absolute atomic E-state index is 11.3. The van der Waals surface area contributed by atoms with Crippen molar-refractivity contribution in [3.8, 4) is 0 Å². The van der Waals surface area contributed by atoms with Crippen molar-refractivity contribution in [2.45, 2.75) is 6.04 Å². The van der Waals surface area contributed by atoms with Crippen LogP contribution < -0.4 is 5.32 Å². The molecule has 70 valence electrons. The van der Waals surface area contributed by atoms with Crippen LogP contribution in [0.1, 0.15) is 11.6 Å². The Morgan fingerprint density at radius 2 is 2.08 bits per heavy atom. The molecule has 1 aromatic carbocycles. The molecule has 1 aliphatic heterocycles. The van der Waals surface area contributed by atoms with E-state index >= 15 is 0 Å². The summed E-state index contributed by atoms with van der Waals surface area (Å²) < 4.78 is 11.3. The normalized spacial score (nSPS) is 28.6. The standard InChI is InChI=1S/C10H13NOS/c12-13-7-6-11-10(8-13)9-4-2-1-3-5-9/h1-5,10-11H,6-8H2/t10-,13-/m0/s1. The second kappa shape index (κ2) is 4.03. The molecule has 1 aromatic rings. The van der Waals surface area contributed by atoms with E-state index in [0.29, 0.717) is 0 Å². The summed E-state index contributed by atoms with van der Waals surface area (Å²) in [5.41, 5.74) is 1.25. The molecule has 13 heavy (non-hydrogen) atoms. The van der Waals surface area contributed by atoms with Gasteiger partial charge >= 0.3 is 0 Å². The fourth-order valence-corrected chi connectivity index (χ4v) is 2.77. The Balaban J connectivity index is 2.13. The van der Waals surface area contributed by atoms with Crippen molar-refractivity contribution < 1.29 is 4.21 Å². The van der Waals surface area contributed by atoms with E-state index < -0.39 is 10.8 Å². The van der Waals surface area contributed by atoms with Crippen LogP contribution in [0.4, 0.5) is 0 Å². The van der Waals surface area contributed by atoms with Gasteiger partial charge in [0.25, 0.3) is 0 Å². The molecule has 0 aliphatic carbocycles. The molecule has 1 N–H and O–H groups in total. The zero-order chi connectivity index (χ0) is 9.10. The summed E-state index contributed by atoms with van der Waals surface area (Å²) >= 11 is 0. The van der Waals surface area contributed by atoms with Crippen LogP contribution in [-0.2, 0) is 10.8 Å². The lowest BCUT2D eigenvalue weighted by atomic mass is 10.1. The molecular weight excluding hydrogens is 182 g/mol. The van der Waals surface area contributed by atoms with Gasteiger partial charge in [0.15, 0.2) is 0 Å². The predicted molar refractivity (Wildman–Crippen MR) is 55.1 cm³/mol. The van der Waals surface area contributed by atoms with E-state index in [4.69, 9.17) is 0 Å². The average Bonchev–Trinajstić information content (AvgIpc) is 2.19. The molecular formula is C10H13NOS. The predicted octanol–water partition coefficient (Wildman–Crippen LogP) is 1.08. The summed E-state index contributed by atoms with van der Waals surface area (Å²) in [5.74, 6) is 1.55. The first-order chi connectivity index (χ1) is 6.36. The molecule has 0 radical (unpaired) electrons. The van der Waals surface area contributed by atoms with Crippen molar-refractivity contribution in [1.29, 1.82) is 0 Å². The van der Waals surface area contributed by atoms with Gasteiger partial charge in [-0.25, -0.2) is 0 Å². The first-order valence-corrected chi connectivity index (χ1v) is 5.98. The van der Waals surface area contributed by atoms with Gasteiger partial charge in [-0.1, -0.05) is 30.3 Å². The van der Waals surface area contributed by atoms with Gasteiger partial charge in [-0.3, -0.25) is 4.21 Å². The van der Waals surface area contributed by atoms with Crippen molar-refractivity contribution in [2.75, 3.05) is 18.1 Å². The quantitative estimate of drug-likeness (QED) is 0.726. The Kier molecular flexibility index (Phi) is 2.76. The van der Waals surface area contributed by atoms with Gasteiger partial charge in [0.05, 0.1) is 0 Å². The lowest BCUT2D eigenvalue weighted by Crippen LogP contribution is -2.36. The van der Waals surface area contributed by atoms with E-state index in [1.165, 1.54) is 5.56 Å². The number of nitrogens with one attached hydrogen (secondary N) is 1. The van der Waals surface area contributed by atoms with Crippen molar-refractivity contribution in [2.24, 2.45) is 0 Å². The fraction of sp³-hybridized carbons (Fsp3) is 0.400. The largest absolute Gasteiger partial charge is 0.308 e. The van der Waals surface area contributed by atoms with Crippen molar-refractivity contribution in [3.05, 3.63) is 35.9 Å². The second-order valence-corrected chi connectivity index (χ2v) is 4.85. The number of benzene rings is 1. The van der Waals surface area contributed by atoms with Crippen LogP contribution in [-0.4, -0.2) is 22.3 Å². The van der Waals surface area contributed by atoms with Gasteiger partial charge in [0, 0.05) is 34.9 Å². The summed E-state index contributed by atoms with van der Waals surface area (Å²) in [4.78, 5) is 0. The molecule has 2 rings (SSSR count). The van der Waals surface area contributed by atoms with E-state index in [0.717, 1.165) is 18.1 Å². The number of hydrogen-bond donors (Lipinski definition) is 1. The minimum Gasteiger partial charge on any atom is -0.308 e. The highest BCUT2D eigenvalue weighted by molar-refractivity contribution is 7.85. The monoisotopic (exact) mass is 195 g/mol. The summed E-state index contributed by atoms with van der Waals surface area (Å²) in [6, 6.07) is 10.5. The highest BCUT2D eigenvalue weighted by Gasteiger charge is 2.18. The first kappa shape index (κ1) is 8.91. The molecule has 1 heterocycles. The Bertz CT molecular complexity index is 299. The lowest BCUT2D eigenvalue weighted by Gasteiger charge is -2.23. The zero-order valence-electron chi connectivity index (χ0n) is 7.40. The molecule has 1 aliphatic rings. The van der Waals surface area contributed by atoms with Crippen LogP contribution in [0.5, 0.6) is 0 Å². The van der Waals surface area contributed by atoms with Gasteiger partial charge in [-0.15, -0.1) is 0 Å². The van der Waals surface area contributed by atoms with Gasteiger partial charge in [0.2, 0.25) is 0 Å². The maximum atomic E-state index is 11.3. The molecule has 2 atom stereocenters. The average molecular weight is 195 g/mol. The summed E-state index contributed by atoms with van der Waals surface area (Å²) in [6.07, 6.45) is 0. The summed E-state index contributed by atoms with van der Waals surface area (Å²) in [5, 5.41) is 3.37. The van der Waals surface area contributed by atoms with Gasteiger partial charge in [-0.2, -0.15) is 0 Å². The Morgan fingerprint density at radius 3 is 2.77 bits per heavy atom. The van der Waals surface area contributed by atoms with Crippen molar-refractivity contribution in [1.82, 2.24) is 5.32 Å². The molecule has 0 unspecified atom stereocenters. The van der Waals surface area contributed by atoms with Crippen LogP contribution in [0, 0.1) is 0 Å². The molecule has 0 saturated carbocycles. The first-order valence-electron chi connectivity index (χ1n) is 4.49. The van der Waals surface area contributed by atoms with Gasteiger partial charge in [-0.05, 0) is 5.56 Å². The third kappa shape index (κ3) is 2.17. The van der Waals surface area contributed by atoms with E-state index in [2.05, 4.69) is 17.4 Å². The molecule has 1 saturated heterocycles. The molecule has 0 aromatic heterocycles. The zero-order valence-corrected chi connectivity index (χ0v) is 8.22. The molecule has 0 bridgehead atoms. The minimum absolute atomic E-state index is 0.288. The molecule has 3 heteroatoms. The summed E-state index contributed by atoms with van der Waals surface area (Å²) in [6.45, 7) is 0.867. The van der Waals surface area contributed by atoms with Crippen LogP contribution >= 0.6 is 0 Å². The molecule has 0 spiro atoms. The topological polar surface area (TPSA) is 29.1 Å². The SMILES string of the molecule is O=[S@]1CCN[C@H](c2ccccc2)C1. The third-order valence-corrected chi connectivity index (χ3v) is 3.64. The Hall–Kier alpha value is -0.670. The molecule has 1 fully saturated rings. The molecule has 2 nitrogen and oxygen atoms in total.